The van der Waals surface area contributed by atoms with Gasteiger partial charge in [-0.05, 0) is 11.6 Å². The highest BCUT2D eigenvalue weighted by Gasteiger charge is 2.27. The van der Waals surface area contributed by atoms with Crippen molar-refractivity contribution in [2.45, 2.75) is 6.54 Å². The van der Waals surface area contributed by atoms with Crippen LogP contribution < -0.4 is 9.04 Å². The molecule has 28 heavy (non-hydrogen) atoms. The summed E-state index contributed by atoms with van der Waals surface area (Å²) in [4.78, 5) is 24.5. The van der Waals surface area contributed by atoms with Crippen molar-refractivity contribution in [1.82, 2.24) is 4.90 Å². The Hall–Kier alpha value is -3.14. The first kappa shape index (κ1) is 21.2. The van der Waals surface area contributed by atoms with Gasteiger partial charge in [-0.1, -0.05) is 30.3 Å². The van der Waals surface area contributed by atoms with Gasteiger partial charge in [0.1, 0.15) is 18.0 Å². The highest BCUT2D eigenvalue weighted by Crippen LogP contribution is 2.33. The molecule has 1 amide bonds. The molecule has 2 aromatic rings. The first-order valence-electron chi connectivity index (χ1n) is 8.21. The number of hydrogen-bond acceptors (Lipinski definition) is 6. The predicted molar refractivity (Wildman–Crippen MR) is 105 cm³/mol. The number of nitro groups is 1. The third-order valence-corrected chi connectivity index (χ3v) is 5.14. The Labute approximate surface area is 163 Å². The summed E-state index contributed by atoms with van der Waals surface area (Å²) in [6.45, 7) is -0.219. The molecule has 0 aliphatic heterocycles. The molecule has 0 N–H and O–H groups in total. The van der Waals surface area contributed by atoms with Crippen LogP contribution in [0.2, 0.25) is 0 Å². The zero-order chi connectivity index (χ0) is 20.9. The van der Waals surface area contributed by atoms with Gasteiger partial charge in [0.15, 0.2) is 0 Å². The van der Waals surface area contributed by atoms with E-state index in [4.69, 9.17) is 4.74 Å². The van der Waals surface area contributed by atoms with Crippen molar-refractivity contribution >= 4 is 27.3 Å². The highest BCUT2D eigenvalue weighted by molar-refractivity contribution is 7.92. The van der Waals surface area contributed by atoms with E-state index in [-0.39, 0.29) is 17.1 Å². The van der Waals surface area contributed by atoms with E-state index in [1.165, 1.54) is 24.1 Å². The molecule has 0 bridgehead atoms. The number of anilines is 1. The highest BCUT2D eigenvalue weighted by atomic mass is 32.2. The smallest absolute Gasteiger partial charge is 0.271 e. The number of nitro benzene ring substituents is 1. The SMILES string of the molecule is COc1ccc([N+](=O)[O-])cc1N(CC(=O)N(C)Cc1ccccc1)S(C)(=O)=O. The van der Waals surface area contributed by atoms with E-state index in [1.807, 2.05) is 30.3 Å². The maximum Gasteiger partial charge on any atom is 0.271 e. The molecule has 0 aliphatic rings. The van der Waals surface area contributed by atoms with E-state index in [9.17, 15) is 23.3 Å². The van der Waals surface area contributed by atoms with Crippen molar-refractivity contribution in [3.05, 3.63) is 64.2 Å². The fraction of sp³-hybridized carbons (Fsp3) is 0.278. The van der Waals surface area contributed by atoms with Crippen LogP contribution in [0.4, 0.5) is 11.4 Å². The Morgan fingerprint density at radius 3 is 2.36 bits per heavy atom. The summed E-state index contributed by atoms with van der Waals surface area (Å²) in [6.07, 6.45) is 0.926. The summed E-state index contributed by atoms with van der Waals surface area (Å²) in [7, 11) is -1.04. The Bertz CT molecular complexity index is 963. The van der Waals surface area contributed by atoms with Crippen LogP contribution in [0.1, 0.15) is 5.56 Å². The zero-order valence-corrected chi connectivity index (χ0v) is 16.5. The van der Waals surface area contributed by atoms with Gasteiger partial charge in [0.2, 0.25) is 15.9 Å². The van der Waals surface area contributed by atoms with Crippen LogP contribution in [0, 0.1) is 10.1 Å². The molecule has 0 saturated carbocycles. The van der Waals surface area contributed by atoms with Crippen molar-refractivity contribution in [2.75, 3.05) is 31.3 Å². The van der Waals surface area contributed by atoms with E-state index in [0.717, 1.165) is 22.2 Å². The van der Waals surface area contributed by atoms with Gasteiger partial charge in [-0.2, -0.15) is 0 Å². The minimum atomic E-state index is -3.91. The molecule has 2 aromatic carbocycles. The van der Waals surface area contributed by atoms with Gasteiger partial charge in [-0.25, -0.2) is 8.42 Å². The van der Waals surface area contributed by atoms with Crippen LogP contribution in [0.3, 0.4) is 0 Å². The Morgan fingerprint density at radius 1 is 1.18 bits per heavy atom. The van der Waals surface area contributed by atoms with Crippen LogP contribution in [0.5, 0.6) is 5.75 Å². The molecule has 9 nitrogen and oxygen atoms in total. The van der Waals surface area contributed by atoms with Crippen molar-refractivity contribution in [3.8, 4) is 5.75 Å². The van der Waals surface area contributed by atoms with Crippen LogP contribution in [-0.4, -0.2) is 51.1 Å². The second kappa shape index (κ2) is 8.70. The van der Waals surface area contributed by atoms with E-state index in [1.54, 1.807) is 7.05 Å². The monoisotopic (exact) mass is 407 g/mol. The van der Waals surface area contributed by atoms with Crippen molar-refractivity contribution in [3.63, 3.8) is 0 Å². The number of non-ortho nitro benzene ring substituents is 1. The molecule has 150 valence electrons. The lowest BCUT2D eigenvalue weighted by Gasteiger charge is -2.26. The second-order valence-electron chi connectivity index (χ2n) is 6.12. The summed E-state index contributed by atoms with van der Waals surface area (Å²) in [5, 5.41) is 11.1. The Morgan fingerprint density at radius 2 is 1.82 bits per heavy atom. The quantitative estimate of drug-likeness (QED) is 0.489. The van der Waals surface area contributed by atoms with Gasteiger partial charge in [0.25, 0.3) is 5.69 Å². The van der Waals surface area contributed by atoms with Crippen LogP contribution >= 0.6 is 0 Å². The lowest BCUT2D eigenvalue weighted by molar-refractivity contribution is -0.384. The molecule has 0 radical (unpaired) electrons. The maximum atomic E-state index is 12.6. The lowest BCUT2D eigenvalue weighted by atomic mass is 10.2. The number of likely N-dealkylation sites (N-methyl/N-ethyl adjacent to an activating group) is 1. The molecule has 0 atom stereocenters. The first-order chi connectivity index (χ1) is 13.1. The number of methoxy groups -OCH3 is 1. The molecule has 0 unspecified atom stereocenters. The van der Waals surface area contributed by atoms with Gasteiger partial charge >= 0.3 is 0 Å². The number of ether oxygens (including phenoxy) is 1. The van der Waals surface area contributed by atoms with Crippen LogP contribution in [0.15, 0.2) is 48.5 Å². The van der Waals surface area contributed by atoms with Gasteiger partial charge in [0, 0.05) is 25.7 Å². The average Bonchev–Trinajstić information content (AvgIpc) is 2.65. The molecule has 0 aromatic heterocycles. The minimum absolute atomic E-state index is 0.0688. The molecule has 2 rings (SSSR count). The van der Waals surface area contributed by atoms with E-state index in [2.05, 4.69) is 0 Å². The second-order valence-corrected chi connectivity index (χ2v) is 8.03. The van der Waals surface area contributed by atoms with Crippen molar-refractivity contribution in [1.29, 1.82) is 0 Å². The topological polar surface area (TPSA) is 110 Å². The lowest BCUT2D eigenvalue weighted by Crippen LogP contribution is -2.41. The molecule has 0 spiro atoms. The van der Waals surface area contributed by atoms with Gasteiger partial charge < -0.3 is 9.64 Å². The number of nitrogens with zero attached hydrogens (tertiary/aromatic N) is 3. The van der Waals surface area contributed by atoms with Crippen LogP contribution in [0.25, 0.3) is 0 Å². The van der Waals surface area contributed by atoms with E-state index < -0.39 is 27.4 Å². The summed E-state index contributed by atoms with van der Waals surface area (Å²) in [5.74, 6) is -0.364. The molecule has 0 saturated heterocycles. The molecular formula is C18H21N3O6S. The van der Waals surface area contributed by atoms with Gasteiger partial charge in [0.05, 0.1) is 18.3 Å². The summed E-state index contributed by atoms with van der Waals surface area (Å²) in [6, 6.07) is 12.8. The molecule has 0 heterocycles. The number of sulfonamides is 1. The first-order valence-corrected chi connectivity index (χ1v) is 10.1. The third-order valence-electron chi connectivity index (χ3n) is 4.01. The molecule has 10 heteroatoms. The maximum absolute atomic E-state index is 12.6. The van der Waals surface area contributed by atoms with Crippen molar-refractivity contribution < 1.29 is 22.9 Å². The van der Waals surface area contributed by atoms with E-state index in [0.29, 0.717) is 6.54 Å². The van der Waals surface area contributed by atoms with Gasteiger partial charge in [-0.15, -0.1) is 0 Å². The minimum Gasteiger partial charge on any atom is -0.495 e. The summed E-state index contributed by atoms with van der Waals surface area (Å²) < 4.78 is 30.6. The van der Waals surface area contributed by atoms with Gasteiger partial charge in [-0.3, -0.25) is 19.2 Å². The number of amides is 1. The molecule has 0 aliphatic carbocycles. The normalized spacial score (nSPS) is 11.0. The number of rotatable bonds is 8. The standard InChI is InChI=1S/C18H21N3O6S/c1-19(12-14-7-5-4-6-8-14)18(22)13-20(28(3,25)26)16-11-15(21(23)24)9-10-17(16)27-2/h4-11H,12-13H2,1-3H3. The van der Waals surface area contributed by atoms with Crippen molar-refractivity contribution in [2.24, 2.45) is 0 Å². The Kier molecular flexibility index (Phi) is 6.57. The average molecular weight is 407 g/mol. The van der Waals surface area contributed by atoms with Crippen LogP contribution in [-0.2, 0) is 21.4 Å². The largest absolute Gasteiger partial charge is 0.495 e. The Balaban J connectivity index is 2.34. The number of carbonyl (C=O) groups excluding carboxylic acids is 1. The summed E-state index contributed by atoms with van der Waals surface area (Å²) >= 11 is 0. The summed E-state index contributed by atoms with van der Waals surface area (Å²) in [5.41, 5.74) is 0.507. The molecular weight excluding hydrogens is 386 g/mol. The fourth-order valence-electron chi connectivity index (χ4n) is 2.56. The number of hydrogen-bond donors (Lipinski definition) is 0. The fourth-order valence-corrected chi connectivity index (χ4v) is 3.40. The van der Waals surface area contributed by atoms with E-state index >= 15 is 0 Å². The number of benzene rings is 2. The predicted octanol–water partition coefficient (Wildman–Crippen LogP) is 2.03. The number of carbonyl (C=O) groups is 1. The molecule has 0 fully saturated rings. The zero-order valence-electron chi connectivity index (χ0n) is 15.7. The third kappa shape index (κ3) is 5.19.